The highest BCUT2D eigenvalue weighted by molar-refractivity contribution is 6.68. The van der Waals surface area contributed by atoms with Crippen molar-refractivity contribution in [3.05, 3.63) is 63.3 Å². The predicted octanol–water partition coefficient (Wildman–Crippen LogP) is 8.55. The van der Waals surface area contributed by atoms with Crippen molar-refractivity contribution in [2.45, 2.75) is 229 Å². The molecule has 105 heavy (non-hydrogen) atoms. The van der Waals surface area contributed by atoms with E-state index < -0.39 is 82.9 Å². The molecule has 0 bridgehead atoms. The average molecular weight is 1620 g/mol. The second kappa shape index (κ2) is 40.5. The molecule has 0 aliphatic carbocycles. The number of fused-ring (bicyclic) bond motifs is 4. The van der Waals surface area contributed by atoms with Crippen LogP contribution >= 0.6 is 82.0 Å². The second-order valence-corrected chi connectivity index (χ2v) is 32.9. The Bertz CT molecular complexity index is 3100. The van der Waals surface area contributed by atoms with Gasteiger partial charge in [0.05, 0.1) is 40.2 Å². The van der Waals surface area contributed by atoms with E-state index in [1.165, 1.54) is 19.1 Å². The van der Waals surface area contributed by atoms with Crippen LogP contribution in [-0.2, 0) is 81.2 Å². The lowest BCUT2D eigenvalue weighted by Gasteiger charge is -2.40. The fourth-order valence-corrected chi connectivity index (χ4v) is 15.2. The highest BCUT2D eigenvalue weighted by atomic mass is 35.6. The van der Waals surface area contributed by atoms with Crippen LogP contribution in [0.4, 0.5) is 4.79 Å². The number of halogens is 7. The Balaban J connectivity index is 0.000000321. The van der Waals surface area contributed by atoms with Crippen LogP contribution in [0.3, 0.4) is 0 Å². The Hall–Kier alpha value is -5.95. The molecule has 10 aliphatic rings. The predicted molar refractivity (Wildman–Crippen MR) is 398 cm³/mol. The number of ether oxygens (including phenoxy) is 6. The van der Waals surface area contributed by atoms with E-state index in [9.17, 15) is 57.5 Å². The van der Waals surface area contributed by atoms with Gasteiger partial charge in [-0.3, -0.25) is 48.1 Å². The summed E-state index contributed by atoms with van der Waals surface area (Å²) in [5.74, 6) is -2.97. The van der Waals surface area contributed by atoms with E-state index in [1.807, 2.05) is 9.80 Å². The topological polar surface area (TPSA) is 345 Å². The molecule has 0 radical (unpaired) electrons. The number of methoxy groups -OCH3 is 2. The number of alkyl carbamates (subject to hydrolysis) is 1. The molecule has 10 saturated heterocycles. The number of likely N-dealkylation sites (tertiary alicyclic amines) is 1. The Morgan fingerprint density at radius 3 is 1.53 bits per heavy atom. The zero-order chi connectivity index (χ0) is 78.5. The van der Waals surface area contributed by atoms with E-state index in [0.29, 0.717) is 71.1 Å². The van der Waals surface area contributed by atoms with Gasteiger partial charge < -0.3 is 69.5 Å². The van der Waals surface area contributed by atoms with E-state index in [1.54, 1.807) is 81.7 Å². The lowest BCUT2D eigenvalue weighted by Crippen LogP contribution is -2.64. The summed E-state index contributed by atoms with van der Waals surface area (Å²) in [6.07, 6.45) is 18.6. The number of esters is 5. The number of aliphatic carboxylic acids is 1. The normalized spacial score (nSPS) is 27.0. The first-order valence-corrected chi connectivity index (χ1v) is 36.7. The van der Waals surface area contributed by atoms with Crippen molar-refractivity contribution in [1.82, 2.24) is 45.8 Å². The molecule has 10 fully saturated rings. The lowest BCUT2D eigenvalue weighted by atomic mass is 9.89. The second-order valence-electron chi connectivity index (χ2n) is 28.2. The monoisotopic (exact) mass is 1620 g/mol. The summed E-state index contributed by atoms with van der Waals surface area (Å²) in [6, 6.07) is -0.194. The van der Waals surface area contributed by atoms with Gasteiger partial charge in [-0.15, -0.1) is 45.3 Å². The van der Waals surface area contributed by atoms with E-state index in [-0.39, 0.29) is 98.4 Å². The van der Waals surface area contributed by atoms with E-state index in [0.717, 1.165) is 77.3 Å². The van der Waals surface area contributed by atoms with Crippen molar-refractivity contribution in [1.29, 1.82) is 0 Å². The Morgan fingerprint density at radius 2 is 1.08 bits per heavy atom. The molecule has 10 aliphatic heterocycles. The average Bonchev–Trinajstić information content (AvgIpc) is 1.34. The number of amides is 6. The van der Waals surface area contributed by atoms with Crippen molar-refractivity contribution >= 4 is 153 Å². The maximum absolute atomic E-state index is 12.4. The summed E-state index contributed by atoms with van der Waals surface area (Å²) in [5, 5.41) is 19.2. The van der Waals surface area contributed by atoms with Gasteiger partial charge in [0, 0.05) is 32.7 Å². The van der Waals surface area contributed by atoms with Gasteiger partial charge in [-0.1, -0.05) is 100.0 Å². The molecule has 10 rings (SSSR count). The molecule has 0 saturated carbocycles. The standard InChI is InChI=1S/C16H26N2O5.C10H12Cl3NO2.2C10H14N2O2.C9H15NO2.C8H14O4.C7H8Cl3NO2.ClH/c1-6-8-16(13(20)22-5)9-7-10-18(16)12(19)11-17-14(21)23-15(2,3)4;1-2-4-9-5-3-6-14(9)7(10(11,12)13)16-8(9)15;2*1-2-4-10-5-3-6-12(10)8(13)7-11-9(10)14;1-3-5-9(8(11)12-2)6-4-7-10-9;1-8(2,3)12-7(11)5-4-6(9)10;8-7(9,10)6-11-3-1-2-4(11)5(12)13-6;/h6H,1,7-11H2,2-5H3,(H,17,21);2,7H,1,3-6H2;2*2H,1,3-7H2,(H,11,14);3,10H,1,4-7H2,2H3;4-5H2,1-3H3,(H,9,10);4,6H,1-3H2;1H/t;7-,9?;10-;;;;4-,6+;/m.10...0./s1. The number of rotatable bonds is 17. The summed E-state index contributed by atoms with van der Waals surface area (Å²) in [6.45, 7) is 33.0. The third-order valence-corrected chi connectivity index (χ3v) is 19.8. The van der Waals surface area contributed by atoms with Gasteiger partial charge in [0.15, 0.2) is 0 Å². The van der Waals surface area contributed by atoms with Gasteiger partial charge in [-0.25, -0.2) is 19.3 Å². The zero-order valence-corrected chi connectivity index (χ0v) is 66.5. The third-order valence-electron chi connectivity index (χ3n) is 18.6. The summed E-state index contributed by atoms with van der Waals surface area (Å²) >= 11 is 34.5. The number of carboxylic acids is 1. The first-order valence-electron chi connectivity index (χ1n) is 34.5. The Kier molecular flexibility index (Phi) is 35.9. The van der Waals surface area contributed by atoms with Crippen molar-refractivity contribution in [3.63, 3.8) is 0 Å². The number of alkyl halides is 6. The van der Waals surface area contributed by atoms with Crippen LogP contribution in [0.1, 0.15) is 164 Å². The van der Waals surface area contributed by atoms with Crippen LogP contribution in [0.5, 0.6) is 0 Å². The fourth-order valence-electron chi connectivity index (χ4n) is 14.2. The molecule has 592 valence electrons. The zero-order valence-electron chi connectivity index (χ0n) is 61.2. The van der Waals surface area contributed by atoms with Crippen molar-refractivity contribution in [3.8, 4) is 0 Å². The minimum Gasteiger partial charge on any atom is -0.481 e. The van der Waals surface area contributed by atoms with Crippen LogP contribution in [0, 0.1) is 0 Å². The Labute approximate surface area is 651 Å². The van der Waals surface area contributed by atoms with Gasteiger partial charge in [0.25, 0.3) is 0 Å². The summed E-state index contributed by atoms with van der Waals surface area (Å²) in [5.41, 5.74) is -4.56. The van der Waals surface area contributed by atoms with Gasteiger partial charge in [-0.2, -0.15) is 0 Å². The molecule has 0 aromatic heterocycles. The van der Waals surface area contributed by atoms with Gasteiger partial charge in [-0.05, 0) is 157 Å². The van der Waals surface area contributed by atoms with E-state index in [2.05, 4.69) is 54.2 Å². The maximum atomic E-state index is 12.4. The fraction of sp³-hybridized carbons (Fsp3) is 0.686. The van der Waals surface area contributed by atoms with Gasteiger partial charge >= 0.3 is 41.9 Å². The highest BCUT2D eigenvalue weighted by Gasteiger charge is 2.62. The molecular formula is C70H104Cl7N9O19. The molecular weight excluding hydrogens is 1520 g/mol. The first kappa shape index (κ1) is 93.3. The highest BCUT2D eigenvalue weighted by Crippen LogP contribution is 2.48. The van der Waals surface area contributed by atoms with E-state index in [4.69, 9.17) is 103 Å². The van der Waals surface area contributed by atoms with Crippen molar-refractivity contribution in [2.24, 2.45) is 0 Å². The van der Waals surface area contributed by atoms with Crippen LogP contribution < -0.4 is 21.3 Å². The summed E-state index contributed by atoms with van der Waals surface area (Å²) in [4.78, 5) is 147. The maximum Gasteiger partial charge on any atom is 0.408 e. The number of carbonyl (C=O) groups excluding carboxylic acids is 11. The number of cyclic esters (lactones) is 2. The number of nitrogens with one attached hydrogen (secondary N) is 4. The SMILES string of the molecule is C=CCC1(C(=O)OC)CCCN1.C=CCC1(C(=O)OC)CCCN1C(=O)CNC(=O)OC(C)(C)C.C=CCC12CCCN1C(=O)CNC2=O.C=CCC12CCCN1[C@@H](C(Cl)(Cl)Cl)OC2=O.C=CC[C@@]12CCCN1C(=O)CNC2=O.CC(C)(C)OC(=O)CCC(=O)O.Cl.O=C1O[C@H](C(Cl)(Cl)Cl)N2CCC[C@@H]12. The smallest absolute Gasteiger partial charge is 0.408 e. The molecule has 0 aromatic carbocycles. The number of hydrogen-bond acceptors (Lipinski definition) is 21. The first-order chi connectivity index (χ1) is 48.5. The molecule has 5 N–H and O–H groups in total. The molecule has 8 atom stereocenters. The molecule has 35 heteroatoms. The number of nitrogens with zero attached hydrogens (tertiary/aromatic N) is 5. The number of carbonyl (C=O) groups is 12. The Morgan fingerprint density at radius 1 is 0.590 bits per heavy atom. The van der Waals surface area contributed by atoms with Crippen LogP contribution in [0.25, 0.3) is 0 Å². The molecule has 6 amide bonds. The largest absolute Gasteiger partial charge is 0.481 e. The van der Waals surface area contributed by atoms with Crippen LogP contribution in [0.2, 0.25) is 0 Å². The van der Waals surface area contributed by atoms with E-state index >= 15 is 0 Å². The summed E-state index contributed by atoms with van der Waals surface area (Å²) < 4.78 is 26.6. The van der Waals surface area contributed by atoms with Gasteiger partial charge in [0.1, 0.15) is 51.5 Å². The third kappa shape index (κ3) is 24.3. The number of hydrogen-bond donors (Lipinski definition) is 5. The minimum absolute atomic E-state index is 0. The molecule has 28 nitrogen and oxygen atoms in total. The summed E-state index contributed by atoms with van der Waals surface area (Å²) in [7, 11) is 2.72. The minimum atomic E-state index is -1.61. The molecule has 10 heterocycles. The number of piperazine rings is 2. The van der Waals surface area contributed by atoms with Crippen LogP contribution in [0.15, 0.2) is 63.3 Å². The quantitative estimate of drug-likeness (QED) is 0.0394. The molecule has 4 unspecified atom stereocenters. The lowest BCUT2D eigenvalue weighted by molar-refractivity contribution is -0.159. The molecule has 0 aromatic rings. The van der Waals surface area contributed by atoms with Crippen molar-refractivity contribution in [2.75, 3.05) is 73.1 Å². The number of carboxylic acid groups (broad SMARTS) is 1. The van der Waals surface area contributed by atoms with Crippen LogP contribution in [-0.4, -0.2) is 239 Å². The molecule has 0 spiro atoms. The van der Waals surface area contributed by atoms with Gasteiger partial charge in [0.2, 0.25) is 49.6 Å². The van der Waals surface area contributed by atoms with Crippen molar-refractivity contribution < 1.29 is 91.1 Å².